The molecule has 1 aromatic carbocycles. The molecule has 1 atom stereocenters. The van der Waals surface area contributed by atoms with Crippen molar-refractivity contribution in [3.63, 3.8) is 0 Å². The first-order valence-electron chi connectivity index (χ1n) is 9.65. The molecule has 1 aromatic heterocycles. The summed E-state index contributed by atoms with van der Waals surface area (Å²) in [7, 11) is 0. The molecule has 1 unspecified atom stereocenters. The molecule has 2 aliphatic rings. The van der Waals surface area contributed by atoms with Crippen molar-refractivity contribution in [3.8, 4) is 0 Å². The number of nitrogens with zero attached hydrogens (tertiary/aromatic N) is 2. The number of aromatic carboxylic acids is 1. The molecule has 0 spiro atoms. The zero-order chi connectivity index (χ0) is 21.1. The van der Waals surface area contributed by atoms with Gasteiger partial charge in [0.25, 0.3) is 0 Å². The van der Waals surface area contributed by atoms with Gasteiger partial charge < -0.3 is 20.3 Å². The Bertz CT molecular complexity index is 1120. The van der Waals surface area contributed by atoms with E-state index in [0.717, 1.165) is 18.9 Å². The van der Waals surface area contributed by atoms with E-state index in [0.29, 0.717) is 41.3 Å². The van der Waals surface area contributed by atoms with Crippen LogP contribution in [0.5, 0.6) is 0 Å². The molecule has 29 heavy (non-hydrogen) atoms. The van der Waals surface area contributed by atoms with E-state index in [1.807, 2.05) is 11.8 Å². The van der Waals surface area contributed by atoms with Gasteiger partial charge in [-0.25, -0.2) is 9.18 Å². The zero-order valence-corrected chi connectivity index (χ0v) is 17.1. The smallest absolute Gasteiger partial charge is 0.341 e. The Morgan fingerprint density at radius 2 is 2.14 bits per heavy atom. The minimum absolute atomic E-state index is 0.0303. The molecule has 0 amide bonds. The first-order valence-corrected chi connectivity index (χ1v) is 10.0. The third-order valence-corrected chi connectivity index (χ3v) is 6.13. The predicted molar refractivity (Wildman–Crippen MR) is 112 cm³/mol. The highest BCUT2D eigenvalue weighted by atomic mass is 35.5. The molecule has 0 bridgehead atoms. The quantitative estimate of drug-likeness (QED) is 0.788. The van der Waals surface area contributed by atoms with Gasteiger partial charge in [0.05, 0.1) is 16.6 Å². The number of hydrogen-bond acceptors (Lipinski definition) is 4. The number of pyridine rings is 1. The standard InChI is InChI=1S/C21H23ClFN3O3/c1-3-14(22)16-17-12(8-15(23)18(16)25-7-6-21(2,24)10-25)19(27)13(20(28)29)9-26(17)11-4-5-11/h3,8-9,11H,4-7,10,24H2,1-2H3,(H,28,29). The lowest BCUT2D eigenvalue weighted by Gasteiger charge is -2.26. The number of hydrogen-bond donors (Lipinski definition) is 2. The maximum Gasteiger partial charge on any atom is 0.341 e. The van der Waals surface area contributed by atoms with Crippen LogP contribution in [0.25, 0.3) is 15.9 Å². The molecule has 1 aliphatic carbocycles. The summed E-state index contributed by atoms with van der Waals surface area (Å²) < 4.78 is 17.2. The Morgan fingerprint density at radius 3 is 2.66 bits per heavy atom. The van der Waals surface area contributed by atoms with Crippen LogP contribution < -0.4 is 16.1 Å². The van der Waals surface area contributed by atoms with Crippen LogP contribution in [0.3, 0.4) is 0 Å². The van der Waals surface area contributed by atoms with Crippen LogP contribution in [-0.4, -0.2) is 34.3 Å². The number of benzene rings is 1. The molecule has 0 radical (unpaired) electrons. The van der Waals surface area contributed by atoms with Crippen molar-refractivity contribution in [2.45, 2.75) is 44.7 Å². The largest absolute Gasteiger partial charge is 0.477 e. The second-order valence-corrected chi connectivity index (χ2v) is 8.66. The van der Waals surface area contributed by atoms with E-state index in [2.05, 4.69) is 0 Å². The number of carbonyl (C=O) groups is 1. The molecule has 4 rings (SSSR count). The van der Waals surface area contributed by atoms with E-state index in [9.17, 15) is 14.7 Å². The molecule has 2 fully saturated rings. The van der Waals surface area contributed by atoms with Gasteiger partial charge in [0.1, 0.15) is 11.4 Å². The van der Waals surface area contributed by atoms with Gasteiger partial charge in [0, 0.05) is 41.5 Å². The molecule has 1 saturated heterocycles. The summed E-state index contributed by atoms with van der Waals surface area (Å²) >= 11 is 6.55. The fraction of sp³-hybridized carbons (Fsp3) is 0.429. The molecule has 3 N–H and O–H groups in total. The molecule has 2 heterocycles. The summed E-state index contributed by atoms with van der Waals surface area (Å²) in [6, 6.07) is 1.21. The van der Waals surface area contributed by atoms with E-state index in [4.69, 9.17) is 17.3 Å². The first kappa shape index (κ1) is 19.9. The number of rotatable bonds is 4. The van der Waals surface area contributed by atoms with E-state index >= 15 is 4.39 Å². The highest BCUT2D eigenvalue weighted by Crippen LogP contribution is 2.44. The number of nitrogens with two attached hydrogens (primary N) is 1. The van der Waals surface area contributed by atoms with Gasteiger partial charge in [0.2, 0.25) is 5.43 Å². The van der Waals surface area contributed by atoms with Gasteiger partial charge in [-0.3, -0.25) is 4.79 Å². The van der Waals surface area contributed by atoms with E-state index in [1.165, 1.54) is 6.20 Å². The maximum atomic E-state index is 15.4. The van der Waals surface area contributed by atoms with Crippen LogP contribution in [0.4, 0.5) is 10.1 Å². The van der Waals surface area contributed by atoms with Gasteiger partial charge >= 0.3 is 5.97 Å². The van der Waals surface area contributed by atoms with Crippen molar-refractivity contribution in [2.24, 2.45) is 5.73 Å². The molecule has 8 heteroatoms. The van der Waals surface area contributed by atoms with Crippen LogP contribution >= 0.6 is 11.6 Å². The van der Waals surface area contributed by atoms with Gasteiger partial charge in [-0.05, 0) is 39.2 Å². The van der Waals surface area contributed by atoms with E-state index < -0.39 is 22.8 Å². The van der Waals surface area contributed by atoms with Gasteiger partial charge in [-0.1, -0.05) is 17.7 Å². The number of allylic oxidation sites excluding steroid dienone is 1. The minimum atomic E-state index is -1.33. The number of carboxylic acids is 1. The molecular formula is C21H23ClFN3O3. The summed E-state index contributed by atoms with van der Waals surface area (Å²) in [6.07, 6.45) is 5.45. The molecular weight excluding hydrogens is 397 g/mol. The highest BCUT2D eigenvalue weighted by Gasteiger charge is 2.35. The number of aromatic nitrogens is 1. The zero-order valence-electron chi connectivity index (χ0n) is 16.3. The van der Waals surface area contributed by atoms with Gasteiger partial charge in [0.15, 0.2) is 0 Å². The molecule has 1 saturated carbocycles. The van der Waals surface area contributed by atoms with Crippen LogP contribution in [-0.2, 0) is 0 Å². The minimum Gasteiger partial charge on any atom is -0.477 e. The van der Waals surface area contributed by atoms with Gasteiger partial charge in [-0.15, -0.1) is 0 Å². The Hall–Kier alpha value is -2.38. The Balaban J connectivity index is 2.12. The maximum absolute atomic E-state index is 15.4. The predicted octanol–water partition coefficient (Wildman–Crippen LogP) is 3.70. The lowest BCUT2D eigenvalue weighted by atomic mass is 10.0. The monoisotopic (exact) mass is 419 g/mol. The SMILES string of the molecule is CC=C(Cl)c1c(N2CCC(C)(N)C2)c(F)cc2c(=O)c(C(=O)O)cn(C3CC3)c12. The summed E-state index contributed by atoms with van der Waals surface area (Å²) in [5.74, 6) is -1.93. The van der Waals surface area contributed by atoms with E-state index in [1.54, 1.807) is 17.6 Å². The Labute approximate surface area is 172 Å². The van der Waals surface area contributed by atoms with Crippen molar-refractivity contribution in [2.75, 3.05) is 18.0 Å². The second kappa shape index (κ2) is 6.85. The van der Waals surface area contributed by atoms with E-state index in [-0.39, 0.29) is 17.0 Å². The molecule has 1 aliphatic heterocycles. The summed E-state index contributed by atoms with van der Waals surface area (Å²) in [6.45, 7) is 4.68. The molecule has 6 nitrogen and oxygen atoms in total. The number of carboxylic acid groups (broad SMARTS) is 1. The summed E-state index contributed by atoms with van der Waals surface area (Å²) in [4.78, 5) is 26.3. The first-order chi connectivity index (χ1) is 13.6. The highest BCUT2D eigenvalue weighted by molar-refractivity contribution is 6.50. The average molecular weight is 420 g/mol. The average Bonchev–Trinajstić information content (AvgIpc) is 3.43. The van der Waals surface area contributed by atoms with Crippen LogP contribution in [0.2, 0.25) is 0 Å². The lowest BCUT2D eigenvalue weighted by molar-refractivity contribution is 0.0695. The third-order valence-electron chi connectivity index (χ3n) is 5.73. The second-order valence-electron chi connectivity index (χ2n) is 8.26. The number of fused-ring (bicyclic) bond motifs is 1. The number of halogens is 2. The summed E-state index contributed by atoms with van der Waals surface area (Å²) in [5.41, 5.74) is 5.94. The summed E-state index contributed by atoms with van der Waals surface area (Å²) in [5, 5.41) is 9.81. The van der Waals surface area contributed by atoms with Crippen LogP contribution in [0, 0.1) is 5.82 Å². The fourth-order valence-corrected chi connectivity index (χ4v) is 4.31. The Kier molecular flexibility index (Phi) is 4.70. The fourth-order valence-electron chi connectivity index (χ4n) is 4.13. The molecule has 154 valence electrons. The molecule has 2 aromatic rings. The topological polar surface area (TPSA) is 88.6 Å². The van der Waals surface area contributed by atoms with Crippen molar-refractivity contribution in [1.82, 2.24) is 4.57 Å². The third kappa shape index (κ3) is 3.32. The van der Waals surface area contributed by atoms with Crippen molar-refractivity contribution < 1.29 is 14.3 Å². The van der Waals surface area contributed by atoms with Crippen molar-refractivity contribution in [1.29, 1.82) is 0 Å². The lowest BCUT2D eigenvalue weighted by Crippen LogP contribution is -2.39. The van der Waals surface area contributed by atoms with Crippen LogP contribution in [0.15, 0.2) is 23.1 Å². The van der Waals surface area contributed by atoms with Gasteiger partial charge in [-0.2, -0.15) is 0 Å². The number of anilines is 1. The normalized spacial score (nSPS) is 22.5. The van der Waals surface area contributed by atoms with Crippen LogP contribution in [0.1, 0.15) is 55.1 Å². The van der Waals surface area contributed by atoms with Crippen molar-refractivity contribution >= 4 is 39.2 Å². The van der Waals surface area contributed by atoms with Crippen molar-refractivity contribution in [3.05, 3.63) is 45.5 Å². The Morgan fingerprint density at radius 1 is 1.45 bits per heavy atom.